The molecule has 0 unspecified atom stereocenters. The van der Waals surface area contributed by atoms with Gasteiger partial charge in [-0.15, -0.1) is 0 Å². The predicted molar refractivity (Wildman–Crippen MR) is 107 cm³/mol. The van der Waals surface area contributed by atoms with Crippen molar-refractivity contribution in [1.82, 2.24) is 4.90 Å². The van der Waals surface area contributed by atoms with Gasteiger partial charge in [-0.25, -0.2) is 4.39 Å². The maximum Gasteiger partial charge on any atom is 0.422 e. The fourth-order valence-corrected chi connectivity index (χ4v) is 3.48. The number of para-hydroxylation sites is 1. The summed E-state index contributed by atoms with van der Waals surface area (Å²) in [5.74, 6) is -2.31. The van der Waals surface area contributed by atoms with E-state index in [1.165, 1.54) is 29.2 Å². The van der Waals surface area contributed by atoms with Crippen LogP contribution in [0.5, 0.6) is 0 Å². The van der Waals surface area contributed by atoms with Crippen molar-refractivity contribution in [3.63, 3.8) is 0 Å². The summed E-state index contributed by atoms with van der Waals surface area (Å²) in [6, 6.07) is 12.4. The first-order valence-electron chi connectivity index (χ1n) is 9.89. The molecule has 2 aromatic carbocycles. The third-order valence-electron chi connectivity index (χ3n) is 5.30. The molecular weight excluding hydrogens is 432 g/mol. The number of nitrogens with zero attached hydrogens (tertiary/aromatic N) is 2. The standard InChI is InChI=1S/C22H22F4N2O4/c23-17-8-4-5-9-18(17)27-10-12-28(13-11-27)19(29)15-32-20(30)14-21(31,22(24,25)26)16-6-2-1-3-7-16/h1-9,31H,10-15H2/t21-/m1/s1. The van der Waals surface area contributed by atoms with E-state index < -0.39 is 42.2 Å². The van der Waals surface area contributed by atoms with Gasteiger partial charge in [0, 0.05) is 26.2 Å². The van der Waals surface area contributed by atoms with Gasteiger partial charge in [-0.2, -0.15) is 13.2 Å². The fourth-order valence-electron chi connectivity index (χ4n) is 3.48. The zero-order chi connectivity index (χ0) is 23.4. The van der Waals surface area contributed by atoms with Gasteiger partial charge in [0.2, 0.25) is 0 Å². The number of anilines is 1. The van der Waals surface area contributed by atoms with E-state index in [1.54, 1.807) is 23.1 Å². The minimum Gasteiger partial charge on any atom is -0.455 e. The van der Waals surface area contributed by atoms with Crippen molar-refractivity contribution in [2.24, 2.45) is 0 Å². The monoisotopic (exact) mass is 454 g/mol. The van der Waals surface area contributed by atoms with Gasteiger partial charge in [0.05, 0.1) is 12.1 Å². The van der Waals surface area contributed by atoms with E-state index >= 15 is 0 Å². The van der Waals surface area contributed by atoms with Crippen LogP contribution >= 0.6 is 0 Å². The van der Waals surface area contributed by atoms with Crippen molar-refractivity contribution < 1.29 is 37.0 Å². The van der Waals surface area contributed by atoms with Crippen LogP contribution in [0, 0.1) is 5.82 Å². The van der Waals surface area contributed by atoms with Crippen LogP contribution in [0.4, 0.5) is 23.2 Å². The summed E-state index contributed by atoms with van der Waals surface area (Å²) in [6.07, 6.45) is -6.50. The van der Waals surface area contributed by atoms with Gasteiger partial charge in [-0.3, -0.25) is 9.59 Å². The molecule has 6 nitrogen and oxygen atoms in total. The number of esters is 1. The van der Waals surface area contributed by atoms with Gasteiger partial charge in [-0.05, 0) is 17.7 Å². The van der Waals surface area contributed by atoms with Crippen LogP contribution in [0.1, 0.15) is 12.0 Å². The molecule has 32 heavy (non-hydrogen) atoms. The number of piperazine rings is 1. The average Bonchev–Trinajstić information content (AvgIpc) is 2.78. The highest BCUT2D eigenvalue weighted by Crippen LogP contribution is 2.41. The number of benzene rings is 2. The molecule has 1 atom stereocenters. The number of alkyl halides is 3. The second kappa shape index (κ2) is 9.56. The SMILES string of the molecule is O=C(C[C@@](O)(c1ccccc1)C(F)(F)F)OCC(=O)N1CCN(c2ccccc2F)CC1. The van der Waals surface area contributed by atoms with Crippen LogP contribution in [0.25, 0.3) is 0 Å². The van der Waals surface area contributed by atoms with Crippen LogP contribution in [-0.2, 0) is 19.9 Å². The molecule has 0 spiro atoms. The topological polar surface area (TPSA) is 70.1 Å². The summed E-state index contributed by atoms with van der Waals surface area (Å²) >= 11 is 0. The minimum absolute atomic E-state index is 0.237. The van der Waals surface area contributed by atoms with Crippen LogP contribution in [0.2, 0.25) is 0 Å². The number of ether oxygens (including phenoxy) is 1. The summed E-state index contributed by atoms with van der Waals surface area (Å²) < 4.78 is 59.1. The molecule has 1 fully saturated rings. The Hall–Kier alpha value is -3.14. The molecule has 1 heterocycles. The summed E-state index contributed by atoms with van der Waals surface area (Å²) in [6.45, 7) is 0.425. The molecule has 172 valence electrons. The van der Waals surface area contributed by atoms with Crippen molar-refractivity contribution in [3.05, 3.63) is 66.0 Å². The molecule has 1 aliphatic rings. The van der Waals surface area contributed by atoms with Crippen molar-refractivity contribution in [3.8, 4) is 0 Å². The Morgan fingerprint density at radius 3 is 2.12 bits per heavy atom. The second-order valence-corrected chi connectivity index (χ2v) is 7.38. The van der Waals surface area contributed by atoms with Crippen molar-refractivity contribution in [2.45, 2.75) is 18.2 Å². The van der Waals surface area contributed by atoms with Gasteiger partial charge in [0.15, 0.2) is 12.2 Å². The summed E-state index contributed by atoms with van der Waals surface area (Å²) in [4.78, 5) is 27.5. The first-order chi connectivity index (χ1) is 15.1. The van der Waals surface area contributed by atoms with Gasteiger partial charge < -0.3 is 19.6 Å². The molecule has 1 aliphatic heterocycles. The Kier molecular flexibility index (Phi) is 7.02. The molecule has 0 bridgehead atoms. The summed E-state index contributed by atoms with van der Waals surface area (Å²) in [5.41, 5.74) is -3.52. The molecule has 1 saturated heterocycles. The lowest BCUT2D eigenvalue weighted by Crippen LogP contribution is -2.50. The quantitative estimate of drug-likeness (QED) is 0.537. The summed E-state index contributed by atoms with van der Waals surface area (Å²) in [7, 11) is 0. The lowest BCUT2D eigenvalue weighted by Gasteiger charge is -2.36. The average molecular weight is 454 g/mol. The van der Waals surface area contributed by atoms with Crippen molar-refractivity contribution in [2.75, 3.05) is 37.7 Å². The highest BCUT2D eigenvalue weighted by Gasteiger charge is 2.56. The molecule has 0 saturated carbocycles. The first-order valence-corrected chi connectivity index (χ1v) is 9.89. The summed E-state index contributed by atoms with van der Waals surface area (Å²) in [5, 5.41) is 10.2. The van der Waals surface area contributed by atoms with E-state index in [9.17, 15) is 32.3 Å². The van der Waals surface area contributed by atoms with Gasteiger partial charge in [0.25, 0.3) is 5.91 Å². The first kappa shape index (κ1) is 23.5. The number of aliphatic hydroxyl groups is 1. The van der Waals surface area contributed by atoms with Gasteiger partial charge in [-0.1, -0.05) is 42.5 Å². The molecule has 1 N–H and O–H groups in total. The van der Waals surface area contributed by atoms with E-state index in [0.717, 1.165) is 12.1 Å². The molecule has 2 aromatic rings. The largest absolute Gasteiger partial charge is 0.455 e. The minimum atomic E-state index is -5.12. The molecule has 10 heteroatoms. The highest BCUT2D eigenvalue weighted by molar-refractivity contribution is 5.81. The predicted octanol–water partition coefficient (Wildman–Crippen LogP) is 2.86. The van der Waals surface area contributed by atoms with E-state index in [-0.39, 0.29) is 18.9 Å². The number of amides is 1. The zero-order valence-electron chi connectivity index (χ0n) is 17.0. The van der Waals surface area contributed by atoms with Crippen molar-refractivity contribution in [1.29, 1.82) is 0 Å². The van der Waals surface area contributed by atoms with Crippen LogP contribution in [0.15, 0.2) is 54.6 Å². The van der Waals surface area contributed by atoms with Crippen LogP contribution in [0.3, 0.4) is 0 Å². The normalized spacial score (nSPS) is 16.4. The van der Waals surface area contributed by atoms with Crippen LogP contribution < -0.4 is 4.90 Å². The Morgan fingerprint density at radius 2 is 1.53 bits per heavy atom. The molecule has 0 aliphatic carbocycles. The number of carbonyl (C=O) groups excluding carboxylic acids is 2. The van der Waals surface area contributed by atoms with Gasteiger partial charge >= 0.3 is 12.1 Å². The number of carbonyl (C=O) groups is 2. The maximum atomic E-state index is 13.9. The van der Waals surface area contributed by atoms with Crippen molar-refractivity contribution >= 4 is 17.6 Å². The highest BCUT2D eigenvalue weighted by atomic mass is 19.4. The van der Waals surface area contributed by atoms with Crippen LogP contribution in [-0.4, -0.2) is 60.8 Å². The third-order valence-corrected chi connectivity index (χ3v) is 5.30. The van der Waals surface area contributed by atoms with E-state index in [0.29, 0.717) is 18.8 Å². The maximum absolute atomic E-state index is 13.9. The second-order valence-electron chi connectivity index (χ2n) is 7.38. The Morgan fingerprint density at radius 1 is 0.938 bits per heavy atom. The fraction of sp³-hybridized carbons (Fsp3) is 0.364. The Labute approximate surface area is 182 Å². The number of halogens is 4. The smallest absolute Gasteiger partial charge is 0.422 e. The molecule has 3 rings (SSSR count). The van der Waals surface area contributed by atoms with E-state index in [2.05, 4.69) is 0 Å². The Bertz CT molecular complexity index is 946. The number of hydrogen-bond donors (Lipinski definition) is 1. The zero-order valence-corrected chi connectivity index (χ0v) is 17.0. The van der Waals surface area contributed by atoms with Gasteiger partial charge in [0.1, 0.15) is 5.82 Å². The number of rotatable bonds is 6. The third kappa shape index (κ3) is 5.18. The van der Waals surface area contributed by atoms with E-state index in [4.69, 9.17) is 4.74 Å². The molecule has 1 amide bonds. The lowest BCUT2D eigenvalue weighted by atomic mass is 9.90. The molecule has 0 aromatic heterocycles. The van der Waals surface area contributed by atoms with E-state index in [1.807, 2.05) is 0 Å². The molecular formula is C22H22F4N2O4. The number of hydrogen-bond acceptors (Lipinski definition) is 5. The Balaban J connectivity index is 1.53. The molecule has 0 radical (unpaired) electrons. The lowest BCUT2D eigenvalue weighted by molar-refractivity contribution is -0.269.